The van der Waals surface area contributed by atoms with Crippen LogP contribution in [0.2, 0.25) is 0 Å². The third kappa shape index (κ3) is 2.13. The minimum absolute atomic E-state index is 0.0831. The zero-order valence-electron chi connectivity index (χ0n) is 8.67. The van der Waals surface area contributed by atoms with E-state index in [2.05, 4.69) is 10.1 Å². The first kappa shape index (κ1) is 11.9. The summed E-state index contributed by atoms with van der Waals surface area (Å²) >= 11 is 0. The third-order valence-corrected chi connectivity index (χ3v) is 2.48. The highest BCUT2D eigenvalue weighted by Crippen LogP contribution is 2.22. The van der Waals surface area contributed by atoms with Gasteiger partial charge in [-0.15, -0.1) is 5.10 Å². The SMILES string of the molecule is NC(=O)c1ncn(C(O)[C@H]2OC[C@H](O)[C@@H]2O)n1. The van der Waals surface area contributed by atoms with Gasteiger partial charge in [0.1, 0.15) is 24.6 Å². The van der Waals surface area contributed by atoms with Crippen molar-refractivity contribution in [1.29, 1.82) is 0 Å². The van der Waals surface area contributed by atoms with Gasteiger partial charge in [0.05, 0.1) is 6.61 Å². The summed E-state index contributed by atoms with van der Waals surface area (Å²) in [6, 6.07) is 0. The second kappa shape index (κ2) is 4.37. The molecule has 1 saturated heterocycles. The summed E-state index contributed by atoms with van der Waals surface area (Å²) in [5.41, 5.74) is 4.95. The second-order valence-corrected chi connectivity index (χ2v) is 3.68. The highest BCUT2D eigenvalue weighted by atomic mass is 16.5. The molecule has 17 heavy (non-hydrogen) atoms. The zero-order chi connectivity index (χ0) is 12.6. The lowest BCUT2D eigenvalue weighted by Crippen LogP contribution is -2.36. The molecule has 0 saturated carbocycles. The maximum atomic E-state index is 10.8. The van der Waals surface area contributed by atoms with Gasteiger partial charge >= 0.3 is 0 Å². The van der Waals surface area contributed by atoms with Crippen LogP contribution in [0.3, 0.4) is 0 Å². The van der Waals surface area contributed by atoms with Gasteiger partial charge in [0, 0.05) is 0 Å². The van der Waals surface area contributed by atoms with E-state index in [0.717, 1.165) is 11.0 Å². The number of carbonyl (C=O) groups excluding carboxylic acids is 1. The third-order valence-electron chi connectivity index (χ3n) is 2.48. The number of primary amides is 1. The Hall–Kier alpha value is -1.55. The van der Waals surface area contributed by atoms with E-state index in [-0.39, 0.29) is 12.4 Å². The molecule has 94 valence electrons. The van der Waals surface area contributed by atoms with Gasteiger partial charge in [-0.05, 0) is 0 Å². The Morgan fingerprint density at radius 2 is 2.35 bits per heavy atom. The van der Waals surface area contributed by atoms with Gasteiger partial charge in [0.25, 0.3) is 5.91 Å². The van der Waals surface area contributed by atoms with Crippen LogP contribution in [0, 0.1) is 0 Å². The Morgan fingerprint density at radius 1 is 1.65 bits per heavy atom. The maximum absolute atomic E-state index is 10.8. The van der Waals surface area contributed by atoms with Crippen LogP contribution in [0.4, 0.5) is 0 Å². The van der Waals surface area contributed by atoms with Gasteiger partial charge in [-0.2, -0.15) is 0 Å². The van der Waals surface area contributed by atoms with Crippen LogP contribution in [-0.2, 0) is 4.74 Å². The number of amides is 1. The molecule has 9 heteroatoms. The number of nitrogens with zero attached hydrogens (tertiary/aromatic N) is 3. The van der Waals surface area contributed by atoms with E-state index in [1.165, 1.54) is 0 Å². The lowest BCUT2D eigenvalue weighted by Gasteiger charge is -2.20. The average molecular weight is 244 g/mol. The van der Waals surface area contributed by atoms with Crippen LogP contribution in [0.5, 0.6) is 0 Å². The zero-order valence-corrected chi connectivity index (χ0v) is 8.67. The minimum atomic E-state index is -1.36. The molecule has 0 radical (unpaired) electrons. The fourth-order valence-electron chi connectivity index (χ4n) is 1.55. The molecule has 0 aromatic carbocycles. The molecule has 1 aliphatic heterocycles. The Kier molecular flexibility index (Phi) is 3.07. The van der Waals surface area contributed by atoms with Crippen molar-refractivity contribution < 1.29 is 24.9 Å². The molecule has 1 aliphatic rings. The van der Waals surface area contributed by atoms with E-state index in [9.17, 15) is 20.1 Å². The summed E-state index contributed by atoms with van der Waals surface area (Å²) in [7, 11) is 0. The monoisotopic (exact) mass is 244 g/mol. The molecule has 1 aromatic rings. The van der Waals surface area contributed by atoms with Crippen molar-refractivity contribution in [2.24, 2.45) is 5.73 Å². The standard InChI is InChI=1S/C8H12N4O5/c9-6(15)7-10-2-12(11-7)8(16)5-4(14)3(13)1-17-5/h2-5,8,13-14,16H,1H2,(H2,9,15)/t3-,4-,5-,8?/m0/s1. The molecule has 1 amide bonds. The van der Waals surface area contributed by atoms with Crippen molar-refractivity contribution in [2.75, 3.05) is 6.61 Å². The first-order chi connectivity index (χ1) is 8.00. The second-order valence-electron chi connectivity index (χ2n) is 3.68. The van der Waals surface area contributed by atoms with Crippen LogP contribution >= 0.6 is 0 Å². The van der Waals surface area contributed by atoms with E-state index < -0.39 is 30.4 Å². The Bertz CT molecular complexity index is 422. The topological polar surface area (TPSA) is 144 Å². The number of rotatable bonds is 3. The van der Waals surface area contributed by atoms with Crippen molar-refractivity contribution in [2.45, 2.75) is 24.5 Å². The number of hydrogen-bond donors (Lipinski definition) is 4. The van der Waals surface area contributed by atoms with Gasteiger partial charge < -0.3 is 25.8 Å². The van der Waals surface area contributed by atoms with Crippen LogP contribution < -0.4 is 5.73 Å². The molecule has 1 fully saturated rings. The van der Waals surface area contributed by atoms with Crippen molar-refractivity contribution in [3.8, 4) is 0 Å². The van der Waals surface area contributed by atoms with Gasteiger partial charge in [0.2, 0.25) is 5.82 Å². The van der Waals surface area contributed by atoms with E-state index in [1.807, 2.05) is 0 Å². The molecule has 1 unspecified atom stereocenters. The first-order valence-electron chi connectivity index (χ1n) is 4.87. The highest BCUT2D eigenvalue weighted by Gasteiger charge is 2.40. The molecule has 0 spiro atoms. The largest absolute Gasteiger partial charge is 0.388 e. The normalized spacial score (nSPS) is 30.4. The van der Waals surface area contributed by atoms with Crippen LogP contribution in [0.15, 0.2) is 6.33 Å². The molecule has 0 aliphatic carbocycles. The van der Waals surface area contributed by atoms with Crippen molar-refractivity contribution in [3.05, 3.63) is 12.2 Å². The van der Waals surface area contributed by atoms with Crippen molar-refractivity contribution >= 4 is 5.91 Å². The fraction of sp³-hybridized carbons (Fsp3) is 0.625. The van der Waals surface area contributed by atoms with Crippen LogP contribution in [0.1, 0.15) is 16.8 Å². The van der Waals surface area contributed by atoms with E-state index in [4.69, 9.17) is 10.5 Å². The molecule has 4 atom stereocenters. The molecule has 2 heterocycles. The minimum Gasteiger partial charge on any atom is -0.388 e. The lowest BCUT2D eigenvalue weighted by atomic mass is 10.1. The fourth-order valence-corrected chi connectivity index (χ4v) is 1.55. The van der Waals surface area contributed by atoms with Gasteiger partial charge in [-0.25, -0.2) is 9.67 Å². The summed E-state index contributed by atoms with van der Waals surface area (Å²) in [5.74, 6) is -1.08. The molecular weight excluding hydrogens is 232 g/mol. The number of ether oxygens (including phenoxy) is 1. The predicted molar refractivity (Wildman–Crippen MR) is 51.5 cm³/mol. The number of nitrogens with two attached hydrogens (primary N) is 1. The van der Waals surface area contributed by atoms with E-state index in [0.29, 0.717) is 0 Å². The molecule has 1 aromatic heterocycles. The summed E-state index contributed by atoms with van der Waals surface area (Å²) in [6.45, 7) is -0.0831. The van der Waals surface area contributed by atoms with E-state index in [1.54, 1.807) is 0 Å². The number of carbonyl (C=O) groups is 1. The maximum Gasteiger partial charge on any atom is 0.288 e. The smallest absolute Gasteiger partial charge is 0.288 e. The molecule has 9 nitrogen and oxygen atoms in total. The summed E-state index contributed by atoms with van der Waals surface area (Å²) in [6.07, 6.45) is -3.60. The lowest BCUT2D eigenvalue weighted by molar-refractivity contribution is -0.0883. The summed E-state index contributed by atoms with van der Waals surface area (Å²) in [5, 5.41) is 32.2. The van der Waals surface area contributed by atoms with Crippen molar-refractivity contribution in [3.63, 3.8) is 0 Å². The Balaban J connectivity index is 2.13. The predicted octanol–water partition coefficient (Wildman–Crippen LogP) is -3.01. The van der Waals surface area contributed by atoms with Gasteiger partial charge in [-0.3, -0.25) is 4.79 Å². The number of hydrogen-bond acceptors (Lipinski definition) is 7. The summed E-state index contributed by atoms with van der Waals surface area (Å²) in [4.78, 5) is 14.3. The van der Waals surface area contributed by atoms with E-state index >= 15 is 0 Å². The molecule has 0 bridgehead atoms. The van der Waals surface area contributed by atoms with Crippen LogP contribution in [-0.4, -0.2) is 60.9 Å². The van der Waals surface area contributed by atoms with Crippen molar-refractivity contribution in [1.82, 2.24) is 14.8 Å². The average Bonchev–Trinajstić information content (AvgIpc) is 2.87. The highest BCUT2D eigenvalue weighted by molar-refractivity contribution is 5.88. The van der Waals surface area contributed by atoms with Crippen LogP contribution in [0.25, 0.3) is 0 Å². The van der Waals surface area contributed by atoms with Gasteiger partial charge in [0.15, 0.2) is 6.23 Å². The number of aliphatic hydroxyl groups excluding tert-OH is 3. The summed E-state index contributed by atoms with van der Waals surface area (Å²) < 4.78 is 5.95. The molecule has 2 rings (SSSR count). The van der Waals surface area contributed by atoms with Gasteiger partial charge in [-0.1, -0.05) is 0 Å². The first-order valence-corrected chi connectivity index (χ1v) is 4.87. The Morgan fingerprint density at radius 3 is 2.82 bits per heavy atom. The Labute approximate surface area is 95.4 Å². The molecular formula is C8H12N4O5. The number of aromatic nitrogens is 3. The quantitative estimate of drug-likeness (QED) is 0.443. The number of aliphatic hydroxyl groups is 3. The molecule has 5 N–H and O–H groups in total.